The van der Waals surface area contributed by atoms with Crippen molar-refractivity contribution in [1.29, 1.82) is 0 Å². The Bertz CT molecular complexity index is 441. The van der Waals surface area contributed by atoms with Crippen LogP contribution in [0.5, 0.6) is 5.75 Å². The minimum Gasteiger partial charge on any atom is -0.497 e. The Hall–Kier alpha value is -1.06. The third-order valence-corrected chi connectivity index (χ3v) is 4.92. The average Bonchev–Trinajstić information content (AvgIpc) is 3.26. The van der Waals surface area contributed by atoms with Crippen molar-refractivity contribution in [2.24, 2.45) is 11.8 Å². The summed E-state index contributed by atoms with van der Waals surface area (Å²) < 4.78 is 11.1. The first kappa shape index (κ1) is 14.9. The lowest BCUT2D eigenvalue weighted by Crippen LogP contribution is -2.32. The average molecular weight is 289 g/mol. The van der Waals surface area contributed by atoms with E-state index in [0.29, 0.717) is 18.1 Å². The Labute approximate surface area is 128 Å². The zero-order chi connectivity index (χ0) is 14.7. The SMILES string of the molecule is CCC1OCCC1CNC(c1ccc(OC)cc1)C1CC1. The monoisotopic (exact) mass is 289 g/mol. The Balaban J connectivity index is 1.61. The maximum absolute atomic E-state index is 5.80. The number of nitrogens with one attached hydrogen (secondary N) is 1. The van der Waals surface area contributed by atoms with Crippen molar-refractivity contribution in [3.8, 4) is 5.75 Å². The van der Waals surface area contributed by atoms with Gasteiger partial charge < -0.3 is 14.8 Å². The van der Waals surface area contributed by atoms with Crippen molar-refractivity contribution in [3.05, 3.63) is 29.8 Å². The minimum absolute atomic E-state index is 0.452. The van der Waals surface area contributed by atoms with E-state index in [1.54, 1.807) is 7.11 Å². The van der Waals surface area contributed by atoms with E-state index in [1.165, 1.54) is 24.8 Å². The lowest BCUT2D eigenvalue weighted by molar-refractivity contribution is 0.0864. The third kappa shape index (κ3) is 3.58. The van der Waals surface area contributed by atoms with Gasteiger partial charge in [-0.3, -0.25) is 0 Å². The highest BCUT2D eigenvalue weighted by atomic mass is 16.5. The topological polar surface area (TPSA) is 30.5 Å². The fourth-order valence-electron chi connectivity index (χ4n) is 3.45. The Morgan fingerprint density at radius 3 is 2.62 bits per heavy atom. The summed E-state index contributed by atoms with van der Waals surface area (Å²) >= 11 is 0. The van der Waals surface area contributed by atoms with Crippen molar-refractivity contribution >= 4 is 0 Å². The van der Waals surface area contributed by atoms with Crippen LogP contribution in [-0.2, 0) is 4.74 Å². The largest absolute Gasteiger partial charge is 0.497 e. The molecule has 1 saturated heterocycles. The predicted octanol–water partition coefficient (Wildman–Crippen LogP) is 3.55. The van der Waals surface area contributed by atoms with Gasteiger partial charge >= 0.3 is 0 Å². The number of benzene rings is 1. The van der Waals surface area contributed by atoms with Crippen LogP contribution in [-0.4, -0.2) is 26.4 Å². The van der Waals surface area contributed by atoms with Crippen LogP contribution in [0.15, 0.2) is 24.3 Å². The van der Waals surface area contributed by atoms with Gasteiger partial charge in [0.1, 0.15) is 5.75 Å². The van der Waals surface area contributed by atoms with E-state index in [4.69, 9.17) is 9.47 Å². The highest BCUT2D eigenvalue weighted by Crippen LogP contribution is 2.41. The van der Waals surface area contributed by atoms with Crippen LogP contribution in [0.1, 0.15) is 44.2 Å². The number of rotatable bonds is 7. The van der Waals surface area contributed by atoms with Gasteiger partial charge in [0.05, 0.1) is 13.2 Å². The second-order valence-corrected chi connectivity index (χ2v) is 6.36. The Morgan fingerprint density at radius 2 is 2.00 bits per heavy atom. The zero-order valence-electron chi connectivity index (χ0n) is 13.2. The fraction of sp³-hybridized carbons (Fsp3) is 0.667. The van der Waals surface area contributed by atoms with Crippen molar-refractivity contribution in [3.63, 3.8) is 0 Å². The summed E-state index contributed by atoms with van der Waals surface area (Å²) in [5.41, 5.74) is 1.39. The van der Waals surface area contributed by atoms with E-state index in [0.717, 1.165) is 31.2 Å². The standard InChI is InChI=1S/C18H27NO2/c1-3-17-15(10-11-21-17)12-19-18(13-4-5-13)14-6-8-16(20-2)9-7-14/h6-9,13,15,17-19H,3-5,10-12H2,1-2H3. The van der Waals surface area contributed by atoms with Crippen molar-refractivity contribution in [1.82, 2.24) is 5.32 Å². The first-order valence-electron chi connectivity index (χ1n) is 8.30. The maximum Gasteiger partial charge on any atom is 0.118 e. The van der Waals surface area contributed by atoms with E-state index in [1.807, 2.05) is 0 Å². The van der Waals surface area contributed by atoms with Crippen LogP contribution in [0.2, 0.25) is 0 Å². The molecule has 0 amide bonds. The molecular formula is C18H27NO2. The molecule has 116 valence electrons. The highest BCUT2D eigenvalue weighted by molar-refractivity contribution is 5.30. The first-order chi connectivity index (χ1) is 10.3. The van der Waals surface area contributed by atoms with Crippen molar-refractivity contribution < 1.29 is 9.47 Å². The molecule has 0 aromatic heterocycles. The van der Waals surface area contributed by atoms with Gasteiger partial charge in [-0.15, -0.1) is 0 Å². The molecule has 1 aromatic rings. The summed E-state index contributed by atoms with van der Waals surface area (Å²) in [5, 5.41) is 3.82. The van der Waals surface area contributed by atoms with Gasteiger partial charge in [0.15, 0.2) is 0 Å². The van der Waals surface area contributed by atoms with Gasteiger partial charge in [0.25, 0.3) is 0 Å². The Morgan fingerprint density at radius 1 is 1.24 bits per heavy atom. The van der Waals surface area contributed by atoms with E-state index >= 15 is 0 Å². The molecule has 1 aliphatic heterocycles. The number of hydrogen-bond donors (Lipinski definition) is 1. The quantitative estimate of drug-likeness (QED) is 0.832. The molecule has 1 heterocycles. The molecule has 1 saturated carbocycles. The lowest BCUT2D eigenvalue weighted by atomic mass is 9.97. The highest BCUT2D eigenvalue weighted by Gasteiger charge is 2.34. The molecule has 0 bridgehead atoms. The summed E-state index contributed by atoms with van der Waals surface area (Å²) in [6, 6.07) is 9.04. The summed E-state index contributed by atoms with van der Waals surface area (Å²) in [6.07, 6.45) is 5.48. The molecule has 1 N–H and O–H groups in total. The molecule has 1 aromatic carbocycles. The van der Waals surface area contributed by atoms with Crippen molar-refractivity contribution in [2.75, 3.05) is 20.3 Å². The molecule has 0 spiro atoms. The number of methoxy groups -OCH3 is 1. The van der Waals surface area contributed by atoms with E-state index in [2.05, 4.69) is 36.5 Å². The summed E-state index contributed by atoms with van der Waals surface area (Å²) in [7, 11) is 1.72. The number of hydrogen-bond acceptors (Lipinski definition) is 3. The fourth-order valence-corrected chi connectivity index (χ4v) is 3.45. The maximum atomic E-state index is 5.80. The molecule has 3 nitrogen and oxygen atoms in total. The summed E-state index contributed by atoms with van der Waals surface area (Å²) in [4.78, 5) is 0. The minimum atomic E-state index is 0.452. The molecule has 3 atom stereocenters. The Kier molecular flexibility index (Phi) is 4.81. The van der Waals surface area contributed by atoms with E-state index in [9.17, 15) is 0 Å². The van der Waals surface area contributed by atoms with Gasteiger partial charge in [-0.1, -0.05) is 19.1 Å². The third-order valence-electron chi connectivity index (χ3n) is 4.92. The summed E-state index contributed by atoms with van der Waals surface area (Å²) in [6.45, 7) is 4.23. The molecule has 1 aliphatic carbocycles. The molecule has 3 unspecified atom stereocenters. The van der Waals surface area contributed by atoms with Gasteiger partial charge in [-0.2, -0.15) is 0 Å². The molecule has 21 heavy (non-hydrogen) atoms. The normalized spacial score (nSPS) is 26.8. The smallest absolute Gasteiger partial charge is 0.118 e. The second kappa shape index (κ2) is 6.80. The molecule has 3 rings (SSSR count). The lowest BCUT2D eigenvalue weighted by Gasteiger charge is -2.23. The first-order valence-corrected chi connectivity index (χ1v) is 8.30. The van der Waals surface area contributed by atoms with Crippen LogP contribution >= 0.6 is 0 Å². The molecule has 0 radical (unpaired) electrons. The van der Waals surface area contributed by atoms with Crippen LogP contribution in [0.3, 0.4) is 0 Å². The van der Waals surface area contributed by atoms with Crippen LogP contribution in [0.4, 0.5) is 0 Å². The molecule has 2 aliphatic rings. The predicted molar refractivity (Wildman–Crippen MR) is 84.6 cm³/mol. The van der Waals surface area contributed by atoms with Gasteiger partial charge in [-0.25, -0.2) is 0 Å². The van der Waals surface area contributed by atoms with Gasteiger partial charge in [-0.05, 0) is 55.2 Å². The molecular weight excluding hydrogens is 262 g/mol. The van der Waals surface area contributed by atoms with Crippen LogP contribution < -0.4 is 10.1 Å². The van der Waals surface area contributed by atoms with Gasteiger partial charge in [0.2, 0.25) is 0 Å². The zero-order valence-corrected chi connectivity index (χ0v) is 13.2. The van der Waals surface area contributed by atoms with E-state index in [-0.39, 0.29) is 0 Å². The summed E-state index contributed by atoms with van der Waals surface area (Å²) in [5.74, 6) is 2.42. The van der Waals surface area contributed by atoms with Crippen LogP contribution in [0.25, 0.3) is 0 Å². The van der Waals surface area contributed by atoms with E-state index < -0.39 is 0 Å². The number of ether oxygens (including phenoxy) is 2. The van der Waals surface area contributed by atoms with Gasteiger partial charge in [0, 0.05) is 19.2 Å². The van der Waals surface area contributed by atoms with Crippen LogP contribution in [0, 0.1) is 11.8 Å². The molecule has 2 fully saturated rings. The molecule has 3 heteroatoms. The second-order valence-electron chi connectivity index (χ2n) is 6.36. The van der Waals surface area contributed by atoms with Crippen molar-refractivity contribution in [2.45, 2.75) is 44.8 Å².